The first kappa shape index (κ1) is 13.3. The summed E-state index contributed by atoms with van der Waals surface area (Å²) in [6, 6.07) is 0. The maximum atomic E-state index is 5.90. The van der Waals surface area contributed by atoms with Crippen molar-refractivity contribution in [2.24, 2.45) is 0 Å². The van der Waals surface area contributed by atoms with E-state index in [0.717, 1.165) is 13.1 Å². The molecule has 1 saturated heterocycles. The second-order valence-corrected chi connectivity index (χ2v) is 5.38. The fourth-order valence-electron chi connectivity index (χ4n) is 2.20. The highest BCUT2D eigenvalue weighted by atomic mass is 35.5. The van der Waals surface area contributed by atoms with Crippen molar-refractivity contribution >= 4 is 23.5 Å². The van der Waals surface area contributed by atoms with Crippen LogP contribution in [0.4, 0.5) is 11.9 Å². The Bertz CT molecular complexity index is 439. The van der Waals surface area contributed by atoms with E-state index in [9.17, 15) is 0 Å². The number of halogens is 1. The molecule has 1 fully saturated rings. The van der Waals surface area contributed by atoms with Crippen LogP contribution in [-0.2, 0) is 4.74 Å². The summed E-state index contributed by atoms with van der Waals surface area (Å²) in [6.45, 7) is 7.61. The molecule has 1 unspecified atom stereocenters. The number of nitrogens with zero attached hydrogens (tertiary/aromatic N) is 4. The smallest absolute Gasteiger partial charge is 0.231 e. The van der Waals surface area contributed by atoms with Crippen LogP contribution in [0.25, 0.3) is 0 Å². The molecule has 18 heavy (non-hydrogen) atoms. The van der Waals surface area contributed by atoms with Gasteiger partial charge < -0.3 is 15.0 Å². The van der Waals surface area contributed by atoms with Gasteiger partial charge >= 0.3 is 0 Å². The van der Waals surface area contributed by atoms with E-state index in [1.54, 1.807) is 7.05 Å². The Labute approximate surface area is 112 Å². The summed E-state index contributed by atoms with van der Waals surface area (Å²) in [5, 5.41) is 3.07. The first-order chi connectivity index (χ1) is 8.39. The van der Waals surface area contributed by atoms with Gasteiger partial charge in [-0.15, -0.1) is 0 Å². The second kappa shape index (κ2) is 4.85. The normalized spacial score (nSPS) is 22.9. The monoisotopic (exact) mass is 271 g/mol. The van der Waals surface area contributed by atoms with Crippen LogP contribution in [-0.4, -0.2) is 46.8 Å². The van der Waals surface area contributed by atoms with Gasteiger partial charge in [0, 0.05) is 20.1 Å². The predicted octanol–water partition coefficient (Wildman–Crippen LogP) is 1.57. The minimum atomic E-state index is -0.226. The maximum absolute atomic E-state index is 5.90. The molecule has 2 rings (SSSR count). The zero-order chi connectivity index (χ0) is 13.3. The number of aromatic nitrogens is 3. The summed E-state index contributed by atoms with van der Waals surface area (Å²) in [7, 11) is 1.75. The van der Waals surface area contributed by atoms with E-state index in [2.05, 4.69) is 39.0 Å². The lowest BCUT2D eigenvalue weighted by atomic mass is 10.1. The van der Waals surface area contributed by atoms with Gasteiger partial charge in [0.2, 0.25) is 17.2 Å². The van der Waals surface area contributed by atoms with Gasteiger partial charge in [-0.05, 0) is 32.4 Å². The Balaban J connectivity index is 2.27. The Morgan fingerprint density at radius 2 is 2.11 bits per heavy atom. The van der Waals surface area contributed by atoms with E-state index in [1.807, 2.05) is 6.92 Å². The first-order valence-electron chi connectivity index (χ1n) is 5.92. The highest BCUT2D eigenvalue weighted by Crippen LogP contribution is 2.24. The van der Waals surface area contributed by atoms with Crippen LogP contribution in [0, 0.1) is 0 Å². The summed E-state index contributed by atoms with van der Waals surface area (Å²) in [5.41, 5.74) is -0.226. The number of morpholine rings is 1. The highest BCUT2D eigenvalue weighted by molar-refractivity contribution is 6.28. The van der Waals surface area contributed by atoms with Crippen molar-refractivity contribution in [2.45, 2.75) is 32.5 Å². The van der Waals surface area contributed by atoms with Gasteiger partial charge in [-0.25, -0.2) is 0 Å². The van der Waals surface area contributed by atoms with Crippen molar-refractivity contribution in [3.05, 3.63) is 5.28 Å². The minimum absolute atomic E-state index is 0.127. The van der Waals surface area contributed by atoms with Crippen molar-refractivity contribution < 1.29 is 4.74 Å². The fourth-order valence-corrected chi connectivity index (χ4v) is 2.35. The Kier molecular flexibility index (Phi) is 3.59. The second-order valence-electron chi connectivity index (χ2n) is 5.05. The third kappa shape index (κ3) is 3.00. The third-order valence-corrected chi connectivity index (χ3v) is 2.84. The SMILES string of the molecule is CNc1nc(Cl)nc(N2CC(C)OC(C)(C)C2)n1. The van der Waals surface area contributed by atoms with E-state index in [4.69, 9.17) is 16.3 Å². The fraction of sp³-hybridized carbons (Fsp3) is 0.727. The molecule has 0 spiro atoms. The van der Waals surface area contributed by atoms with Crippen molar-refractivity contribution in [3.63, 3.8) is 0 Å². The molecule has 0 saturated carbocycles. The van der Waals surface area contributed by atoms with Crippen molar-refractivity contribution in [1.29, 1.82) is 0 Å². The van der Waals surface area contributed by atoms with Gasteiger partial charge in [-0.1, -0.05) is 0 Å². The number of hydrogen-bond donors (Lipinski definition) is 1. The van der Waals surface area contributed by atoms with Gasteiger partial charge in [0.15, 0.2) is 0 Å². The number of hydrogen-bond acceptors (Lipinski definition) is 6. The lowest BCUT2D eigenvalue weighted by molar-refractivity contribution is -0.0753. The largest absolute Gasteiger partial charge is 0.369 e. The molecule has 1 aliphatic heterocycles. The van der Waals surface area contributed by atoms with Crippen LogP contribution in [0.5, 0.6) is 0 Å². The quantitative estimate of drug-likeness (QED) is 0.881. The number of rotatable bonds is 2. The zero-order valence-electron chi connectivity index (χ0n) is 11.1. The van der Waals surface area contributed by atoms with Crippen LogP contribution in [0.3, 0.4) is 0 Å². The number of anilines is 2. The molecule has 1 atom stereocenters. The van der Waals surface area contributed by atoms with Crippen LogP contribution in [0.1, 0.15) is 20.8 Å². The van der Waals surface area contributed by atoms with Gasteiger partial charge in [0.1, 0.15) is 0 Å². The molecule has 1 aromatic rings. The summed E-state index contributed by atoms with van der Waals surface area (Å²) in [6.07, 6.45) is 0.127. The third-order valence-electron chi connectivity index (χ3n) is 2.67. The summed E-state index contributed by atoms with van der Waals surface area (Å²) in [5.74, 6) is 1.06. The molecular weight excluding hydrogens is 254 g/mol. The topological polar surface area (TPSA) is 63.2 Å². The molecule has 0 aliphatic carbocycles. The molecule has 7 heteroatoms. The number of nitrogens with one attached hydrogen (secondary N) is 1. The lowest BCUT2D eigenvalue weighted by Crippen LogP contribution is -2.52. The summed E-state index contributed by atoms with van der Waals surface area (Å²) >= 11 is 5.90. The molecule has 6 nitrogen and oxygen atoms in total. The molecule has 0 amide bonds. The predicted molar refractivity (Wildman–Crippen MR) is 71.2 cm³/mol. The lowest BCUT2D eigenvalue weighted by Gasteiger charge is -2.41. The molecule has 0 bridgehead atoms. The van der Waals surface area contributed by atoms with E-state index in [0.29, 0.717) is 11.9 Å². The van der Waals surface area contributed by atoms with Crippen LogP contribution >= 0.6 is 11.6 Å². The minimum Gasteiger partial charge on any atom is -0.369 e. The maximum Gasteiger partial charge on any atom is 0.231 e. The van der Waals surface area contributed by atoms with Crippen molar-refractivity contribution in [1.82, 2.24) is 15.0 Å². The van der Waals surface area contributed by atoms with Crippen LogP contribution < -0.4 is 10.2 Å². The summed E-state index contributed by atoms with van der Waals surface area (Å²) in [4.78, 5) is 14.6. The van der Waals surface area contributed by atoms with E-state index < -0.39 is 0 Å². The molecule has 100 valence electrons. The number of ether oxygens (including phenoxy) is 1. The molecule has 1 N–H and O–H groups in total. The molecular formula is C11H18ClN5O. The van der Waals surface area contributed by atoms with Gasteiger partial charge in [-0.2, -0.15) is 15.0 Å². The average Bonchev–Trinajstić information content (AvgIpc) is 2.25. The molecule has 1 aromatic heterocycles. The Morgan fingerprint density at radius 3 is 2.72 bits per heavy atom. The Hall–Kier alpha value is -1.14. The van der Waals surface area contributed by atoms with Crippen molar-refractivity contribution in [2.75, 3.05) is 30.4 Å². The van der Waals surface area contributed by atoms with E-state index in [1.165, 1.54) is 0 Å². The van der Waals surface area contributed by atoms with Gasteiger partial charge in [0.25, 0.3) is 0 Å². The zero-order valence-corrected chi connectivity index (χ0v) is 11.8. The molecule has 1 aliphatic rings. The summed E-state index contributed by atoms with van der Waals surface area (Å²) < 4.78 is 5.85. The molecule has 2 heterocycles. The van der Waals surface area contributed by atoms with Crippen molar-refractivity contribution in [3.8, 4) is 0 Å². The standard InChI is InChI=1S/C11H18ClN5O/c1-7-5-17(6-11(2,3)18-7)10-15-8(12)14-9(13-4)16-10/h7H,5-6H2,1-4H3,(H,13,14,15,16). The van der Waals surface area contributed by atoms with Crippen LogP contribution in [0.2, 0.25) is 5.28 Å². The molecule has 0 aromatic carbocycles. The van der Waals surface area contributed by atoms with Gasteiger partial charge in [-0.3, -0.25) is 0 Å². The molecule has 0 radical (unpaired) electrons. The van der Waals surface area contributed by atoms with E-state index >= 15 is 0 Å². The highest BCUT2D eigenvalue weighted by Gasteiger charge is 2.32. The average molecular weight is 272 g/mol. The van der Waals surface area contributed by atoms with E-state index in [-0.39, 0.29) is 17.0 Å². The first-order valence-corrected chi connectivity index (χ1v) is 6.29. The van der Waals surface area contributed by atoms with Crippen LogP contribution in [0.15, 0.2) is 0 Å². The Morgan fingerprint density at radius 1 is 1.39 bits per heavy atom. The van der Waals surface area contributed by atoms with Gasteiger partial charge in [0.05, 0.1) is 11.7 Å².